The minimum atomic E-state index is -0.582. The van der Waals surface area contributed by atoms with Gasteiger partial charge in [0, 0.05) is 18.2 Å². The number of methoxy groups -OCH3 is 2. The Morgan fingerprint density at radius 1 is 1.13 bits per heavy atom. The second kappa shape index (κ2) is 7.26. The highest BCUT2D eigenvalue weighted by atomic mass is 16.6. The first-order chi connectivity index (χ1) is 11.1. The lowest BCUT2D eigenvalue weighted by Gasteiger charge is -2.13. The Kier molecular flexibility index (Phi) is 5.14. The summed E-state index contributed by atoms with van der Waals surface area (Å²) in [5.41, 5.74) is 0.487. The largest absolute Gasteiger partial charge is 0.493 e. The summed E-state index contributed by atoms with van der Waals surface area (Å²) in [6.45, 7) is 0.158. The van der Waals surface area contributed by atoms with Gasteiger partial charge in [0.15, 0.2) is 11.5 Å². The molecule has 0 aromatic heterocycles. The molecule has 0 fully saturated rings. The minimum absolute atomic E-state index is 0.0133. The van der Waals surface area contributed by atoms with Gasteiger partial charge in [0.05, 0.1) is 19.1 Å². The molecule has 120 valence electrons. The number of hydrogen-bond acceptors (Lipinski definition) is 5. The van der Waals surface area contributed by atoms with Crippen molar-refractivity contribution in [1.29, 1.82) is 0 Å². The predicted molar refractivity (Wildman–Crippen MR) is 83.8 cm³/mol. The normalized spacial score (nSPS) is 10.0. The van der Waals surface area contributed by atoms with Crippen molar-refractivity contribution in [2.75, 3.05) is 14.2 Å². The van der Waals surface area contributed by atoms with Crippen LogP contribution in [0.2, 0.25) is 0 Å². The van der Waals surface area contributed by atoms with E-state index < -0.39 is 10.8 Å². The molecule has 0 aliphatic carbocycles. The van der Waals surface area contributed by atoms with Crippen LogP contribution in [0, 0.1) is 10.1 Å². The summed E-state index contributed by atoms with van der Waals surface area (Å²) in [5.74, 6) is 0.532. The molecule has 7 heteroatoms. The van der Waals surface area contributed by atoms with Crippen molar-refractivity contribution < 1.29 is 19.2 Å². The van der Waals surface area contributed by atoms with Gasteiger partial charge in [0.25, 0.3) is 11.6 Å². The van der Waals surface area contributed by atoms with Gasteiger partial charge in [0.1, 0.15) is 5.56 Å². The minimum Gasteiger partial charge on any atom is -0.493 e. The maximum absolute atomic E-state index is 12.2. The van der Waals surface area contributed by atoms with Crippen LogP contribution >= 0.6 is 0 Å². The molecule has 0 saturated heterocycles. The SMILES string of the molecule is COc1cccc(CNC(=O)c2ccccc2[N+](=O)[O-])c1OC. The second-order valence-electron chi connectivity index (χ2n) is 4.61. The zero-order valence-corrected chi connectivity index (χ0v) is 12.7. The fraction of sp³-hybridized carbons (Fsp3) is 0.188. The summed E-state index contributed by atoms with van der Waals surface area (Å²) < 4.78 is 10.5. The molecule has 2 aromatic carbocycles. The highest BCUT2D eigenvalue weighted by Crippen LogP contribution is 2.30. The van der Waals surface area contributed by atoms with Crippen molar-refractivity contribution in [1.82, 2.24) is 5.32 Å². The standard InChI is InChI=1S/C16H16N2O5/c1-22-14-9-5-6-11(15(14)23-2)10-17-16(19)12-7-3-4-8-13(12)18(20)21/h3-9H,10H2,1-2H3,(H,17,19). The molecule has 1 amide bonds. The molecule has 0 heterocycles. The van der Waals surface area contributed by atoms with Gasteiger partial charge in [-0.1, -0.05) is 24.3 Å². The fourth-order valence-corrected chi connectivity index (χ4v) is 2.19. The molecule has 0 atom stereocenters. The van der Waals surface area contributed by atoms with E-state index in [2.05, 4.69) is 5.32 Å². The zero-order valence-electron chi connectivity index (χ0n) is 12.7. The number of benzene rings is 2. The number of nitrogens with one attached hydrogen (secondary N) is 1. The highest BCUT2D eigenvalue weighted by molar-refractivity contribution is 5.98. The number of hydrogen-bond donors (Lipinski definition) is 1. The number of nitrogens with zero attached hydrogens (tertiary/aromatic N) is 1. The number of ether oxygens (including phenoxy) is 2. The van der Waals surface area contributed by atoms with E-state index >= 15 is 0 Å². The smallest absolute Gasteiger partial charge is 0.282 e. The van der Waals surface area contributed by atoms with Crippen LogP contribution in [0.25, 0.3) is 0 Å². The van der Waals surface area contributed by atoms with Crippen LogP contribution < -0.4 is 14.8 Å². The van der Waals surface area contributed by atoms with E-state index in [1.54, 1.807) is 24.3 Å². The van der Waals surface area contributed by atoms with Crippen LogP contribution in [0.5, 0.6) is 11.5 Å². The summed E-state index contributed by atoms with van der Waals surface area (Å²) >= 11 is 0. The van der Waals surface area contributed by atoms with E-state index in [0.29, 0.717) is 17.1 Å². The number of nitro benzene ring substituents is 1. The van der Waals surface area contributed by atoms with Crippen LogP contribution in [0.4, 0.5) is 5.69 Å². The van der Waals surface area contributed by atoms with Crippen molar-refractivity contribution in [3.63, 3.8) is 0 Å². The lowest BCUT2D eigenvalue weighted by molar-refractivity contribution is -0.385. The molecule has 0 aliphatic rings. The van der Waals surface area contributed by atoms with E-state index in [4.69, 9.17) is 9.47 Å². The van der Waals surface area contributed by atoms with Crippen LogP contribution in [0.3, 0.4) is 0 Å². The predicted octanol–water partition coefficient (Wildman–Crippen LogP) is 2.54. The van der Waals surface area contributed by atoms with E-state index in [0.717, 1.165) is 0 Å². The number of carbonyl (C=O) groups is 1. The molecule has 0 spiro atoms. The number of nitro groups is 1. The Morgan fingerprint density at radius 2 is 1.87 bits per heavy atom. The number of para-hydroxylation sites is 2. The highest BCUT2D eigenvalue weighted by Gasteiger charge is 2.19. The Bertz CT molecular complexity index is 730. The third kappa shape index (κ3) is 3.57. The van der Waals surface area contributed by atoms with E-state index in [1.165, 1.54) is 32.4 Å². The molecule has 0 aliphatic heterocycles. The monoisotopic (exact) mass is 316 g/mol. The summed E-state index contributed by atoms with van der Waals surface area (Å²) in [6, 6.07) is 11.1. The van der Waals surface area contributed by atoms with Gasteiger partial charge in [-0.2, -0.15) is 0 Å². The molecule has 0 saturated carbocycles. The molecular weight excluding hydrogens is 300 g/mol. The lowest BCUT2D eigenvalue weighted by Crippen LogP contribution is -2.24. The summed E-state index contributed by atoms with van der Waals surface area (Å²) in [4.78, 5) is 22.6. The quantitative estimate of drug-likeness (QED) is 0.653. The topological polar surface area (TPSA) is 90.7 Å². The molecule has 0 bridgehead atoms. The Balaban J connectivity index is 2.19. The van der Waals surface area contributed by atoms with E-state index in [9.17, 15) is 14.9 Å². The molecule has 7 nitrogen and oxygen atoms in total. The molecule has 1 N–H and O–H groups in total. The Morgan fingerprint density at radius 3 is 2.52 bits per heavy atom. The zero-order chi connectivity index (χ0) is 16.8. The lowest BCUT2D eigenvalue weighted by atomic mass is 10.1. The average molecular weight is 316 g/mol. The van der Waals surface area contributed by atoms with E-state index in [1.807, 2.05) is 0 Å². The van der Waals surface area contributed by atoms with Gasteiger partial charge < -0.3 is 14.8 Å². The molecular formula is C16H16N2O5. The first-order valence-corrected chi connectivity index (χ1v) is 6.80. The molecule has 0 radical (unpaired) electrons. The van der Waals surface area contributed by atoms with Crippen molar-refractivity contribution >= 4 is 11.6 Å². The summed E-state index contributed by atoms with van der Waals surface area (Å²) in [7, 11) is 3.03. The van der Waals surface area contributed by atoms with Crippen LogP contribution in [-0.2, 0) is 6.54 Å². The maximum Gasteiger partial charge on any atom is 0.282 e. The van der Waals surface area contributed by atoms with Crippen LogP contribution in [0.15, 0.2) is 42.5 Å². The first-order valence-electron chi connectivity index (χ1n) is 6.80. The fourth-order valence-electron chi connectivity index (χ4n) is 2.19. The third-order valence-electron chi connectivity index (χ3n) is 3.27. The number of amides is 1. The number of carbonyl (C=O) groups excluding carboxylic acids is 1. The molecule has 2 rings (SSSR count). The third-order valence-corrected chi connectivity index (χ3v) is 3.27. The summed E-state index contributed by atoms with van der Waals surface area (Å²) in [6.07, 6.45) is 0. The first kappa shape index (κ1) is 16.3. The van der Waals surface area contributed by atoms with Gasteiger partial charge in [-0.15, -0.1) is 0 Å². The van der Waals surface area contributed by atoms with Gasteiger partial charge in [-0.3, -0.25) is 14.9 Å². The molecule has 0 unspecified atom stereocenters. The van der Waals surface area contributed by atoms with Crippen molar-refractivity contribution in [3.8, 4) is 11.5 Å². The van der Waals surface area contributed by atoms with Gasteiger partial charge in [-0.05, 0) is 12.1 Å². The van der Waals surface area contributed by atoms with Gasteiger partial charge >= 0.3 is 0 Å². The van der Waals surface area contributed by atoms with Crippen molar-refractivity contribution in [3.05, 3.63) is 63.7 Å². The Hall–Kier alpha value is -3.09. The maximum atomic E-state index is 12.2. The van der Waals surface area contributed by atoms with Crippen molar-refractivity contribution in [2.45, 2.75) is 6.54 Å². The number of rotatable bonds is 6. The molecule has 23 heavy (non-hydrogen) atoms. The van der Waals surface area contributed by atoms with E-state index in [-0.39, 0.29) is 17.8 Å². The summed E-state index contributed by atoms with van der Waals surface area (Å²) in [5, 5.41) is 13.6. The van der Waals surface area contributed by atoms with Crippen LogP contribution in [-0.4, -0.2) is 25.1 Å². The van der Waals surface area contributed by atoms with Crippen LogP contribution in [0.1, 0.15) is 15.9 Å². The molecule has 2 aromatic rings. The Labute approximate surface area is 133 Å². The van der Waals surface area contributed by atoms with Crippen molar-refractivity contribution in [2.24, 2.45) is 0 Å². The van der Waals surface area contributed by atoms with Gasteiger partial charge in [0.2, 0.25) is 0 Å². The average Bonchev–Trinajstić information content (AvgIpc) is 2.58. The van der Waals surface area contributed by atoms with Gasteiger partial charge in [-0.25, -0.2) is 0 Å². The second-order valence-corrected chi connectivity index (χ2v) is 4.61.